The van der Waals surface area contributed by atoms with Crippen molar-refractivity contribution >= 4 is 28.4 Å². The van der Waals surface area contributed by atoms with Crippen LogP contribution in [0.1, 0.15) is 27.5 Å². The number of carbonyl (C=O) groups is 1. The summed E-state index contributed by atoms with van der Waals surface area (Å²) >= 11 is 5.95. The lowest BCUT2D eigenvalue weighted by atomic mass is 10.1. The standard InChI is InChI=1S/C20H16ClN3O3/c1-12-17(10-19-23-22-11-27-19)16-8-7-15(26-2)9-18(16)24(12)20(25)13-3-5-14(21)6-4-13/h3-9,11H,10H2,1-2H3. The van der Waals surface area contributed by atoms with Gasteiger partial charge >= 0.3 is 0 Å². The van der Waals surface area contributed by atoms with Crippen LogP contribution in [0, 0.1) is 6.92 Å². The smallest absolute Gasteiger partial charge is 0.262 e. The van der Waals surface area contributed by atoms with E-state index < -0.39 is 0 Å². The minimum absolute atomic E-state index is 0.140. The first-order valence-corrected chi connectivity index (χ1v) is 8.69. The Morgan fingerprint density at radius 3 is 2.67 bits per heavy atom. The molecule has 6 nitrogen and oxygen atoms in total. The molecule has 7 heteroatoms. The van der Waals surface area contributed by atoms with E-state index >= 15 is 0 Å². The molecule has 0 amide bonds. The number of halogens is 1. The molecule has 0 saturated heterocycles. The van der Waals surface area contributed by atoms with Gasteiger partial charge in [-0.15, -0.1) is 10.2 Å². The topological polar surface area (TPSA) is 70.2 Å². The average molecular weight is 382 g/mol. The van der Waals surface area contributed by atoms with Crippen LogP contribution in [0.15, 0.2) is 53.3 Å². The number of methoxy groups -OCH3 is 1. The van der Waals surface area contributed by atoms with Crippen LogP contribution in [-0.2, 0) is 6.42 Å². The number of carbonyl (C=O) groups excluding carboxylic acids is 1. The van der Waals surface area contributed by atoms with Crippen molar-refractivity contribution in [3.05, 3.63) is 76.6 Å². The third-order valence-electron chi connectivity index (χ3n) is 4.57. The molecule has 2 aromatic carbocycles. The number of ether oxygens (including phenoxy) is 1. The Bertz CT molecular complexity index is 1120. The number of hydrogen-bond acceptors (Lipinski definition) is 5. The minimum Gasteiger partial charge on any atom is -0.497 e. The molecule has 0 radical (unpaired) electrons. The van der Waals surface area contributed by atoms with Gasteiger partial charge in [0.2, 0.25) is 12.3 Å². The molecular weight excluding hydrogens is 366 g/mol. The highest BCUT2D eigenvalue weighted by Crippen LogP contribution is 2.31. The van der Waals surface area contributed by atoms with Crippen molar-refractivity contribution < 1.29 is 13.9 Å². The summed E-state index contributed by atoms with van der Waals surface area (Å²) in [6, 6.07) is 12.5. The molecule has 4 rings (SSSR count). The van der Waals surface area contributed by atoms with Gasteiger partial charge in [0, 0.05) is 27.7 Å². The molecule has 4 aromatic rings. The van der Waals surface area contributed by atoms with E-state index in [2.05, 4.69) is 10.2 Å². The summed E-state index contributed by atoms with van der Waals surface area (Å²) in [5.41, 5.74) is 3.09. The molecule has 2 aromatic heterocycles. The van der Waals surface area contributed by atoms with Gasteiger partial charge in [-0.2, -0.15) is 0 Å². The number of aromatic nitrogens is 3. The Morgan fingerprint density at radius 2 is 2.00 bits per heavy atom. The average Bonchev–Trinajstić information content (AvgIpc) is 3.28. The van der Waals surface area contributed by atoms with Gasteiger partial charge in [0.05, 0.1) is 19.0 Å². The first kappa shape index (κ1) is 17.3. The number of rotatable bonds is 4. The van der Waals surface area contributed by atoms with E-state index in [0.29, 0.717) is 28.6 Å². The van der Waals surface area contributed by atoms with Crippen molar-refractivity contribution in [3.63, 3.8) is 0 Å². The highest BCUT2D eigenvalue weighted by molar-refractivity contribution is 6.30. The van der Waals surface area contributed by atoms with E-state index in [0.717, 1.165) is 22.2 Å². The molecule has 0 bridgehead atoms. The highest BCUT2D eigenvalue weighted by atomic mass is 35.5. The van der Waals surface area contributed by atoms with E-state index in [1.165, 1.54) is 6.39 Å². The second kappa shape index (κ2) is 6.89. The third-order valence-corrected chi connectivity index (χ3v) is 4.82. The summed E-state index contributed by atoms with van der Waals surface area (Å²) in [5.74, 6) is 1.03. The van der Waals surface area contributed by atoms with E-state index in [1.807, 2.05) is 25.1 Å². The number of fused-ring (bicyclic) bond motifs is 1. The third kappa shape index (κ3) is 3.08. The monoisotopic (exact) mass is 381 g/mol. The van der Waals surface area contributed by atoms with Gasteiger partial charge in [-0.3, -0.25) is 9.36 Å². The Kier molecular flexibility index (Phi) is 4.41. The summed E-state index contributed by atoms with van der Waals surface area (Å²) in [6.07, 6.45) is 1.74. The maximum absolute atomic E-state index is 13.2. The lowest BCUT2D eigenvalue weighted by molar-refractivity contribution is 0.0963. The number of benzene rings is 2. The molecule has 0 atom stereocenters. The van der Waals surface area contributed by atoms with Crippen LogP contribution < -0.4 is 4.74 Å². The van der Waals surface area contributed by atoms with Crippen LogP contribution in [0.25, 0.3) is 10.9 Å². The first-order chi connectivity index (χ1) is 13.1. The Morgan fingerprint density at radius 1 is 1.22 bits per heavy atom. The van der Waals surface area contributed by atoms with E-state index in [9.17, 15) is 4.79 Å². The molecule has 0 N–H and O–H groups in total. The fourth-order valence-electron chi connectivity index (χ4n) is 3.22. The van der Waals surface area contributed by atoms with Crippen molar-refractivity contribution in [3.8, 4) is 5.75 Å². The summed E-state index contributed by atoms with van der Waals surface area (Å²) in [7, 11) is 1.60. The molecule has 2 heterocycles. The summed E-state index contributed by atoms with van der Waals surface area (Å²) in [6.45, 7) is 1.91. The van der Waals surface area contributed by atoms with Crippen LogP contribution in [0.5, 0.6) is 5.75 Å². The van der Waals surface area contributed by atoms with Gasteiger partial charge in [-0.25, -0.2) is 0 Å². The zero-order valence-corrected chi connectivity index (χ0v) is 15.5. The van der Waals surface area contributed by atoms with Crippen LogP contribution in [0.2, 0.25) is 5.02 Å². The number of hydrogen-bond donors (Lipinski definition) is 0. The van der Waals surface area contributed by atoms with Crippen molar-refractivity contribution in [2.24, 2.45) is 0 Å². The first-order valence-electron chi connectivity index (χ1n) is 8.31. The van der Waals surface area contributed by atoms with Crippen LogP contribution >= 0.6 is 11.6 Å². The number of nitrogens with zero attached hydrogens (tertiary/aromatic N) is 3. The lowest BCUT2D eigenvalue weighted by Gasteiger charge is -2.08. The predicted molar refractivity (Wildman–Crippen MR) is 102 cm³/mol. The van der Waals surface area contributed by atoms with Gasteiger partial charge in [-0.1, -0.05) is 11.6 Å². The van der Waals surface area contributed by atoms with E-state index in [-0.39, 0.29) is 5.91 Å². The normalized spacial score (nSPS) is 11.1. The van der Waals surface area contributed by atoms with Crippen LogP contribution in [0.4, 0.5) is 0 Å². The zero-order chi connectivity index (χ0) is 19.0. The summed E-state index contributed by atoms with van der Waals surface area (Å²) in [4.78, 5) is 13.2. The van der Waals surface area contributed by atoms with E-state index in [4.69, 9.17) is 20.8 Å². The molecule has 0 saturated carbocycles. The Labute approximate surface area is 160 Å². The molecule has 0 aliphatic rings. The molecular formula is C20H16ClN3O3. The molecule has 0 fully saturated rings. The minimum atomic E-state index is -0.140. The van der Waals surface area contributed by atoms with Crippen molar-refractivity contribution in [1.29, 1.82) is 0 Å². The van der Waals surface area contributed by atoms with Gasteiger partial charge < -0.3 is 9.15 Å². The molecule has 0 spiro atoms. The predicted octanol–water partition coefficient (Wildman–Crippen LogP) is 4.27. The maximum atomic E-state index is 13.2. The summed E-state index contributed by atoms with van der Waals surface area (Å²) < 4.78 is 12.3. The van der Waals surface area contributed by atoms with Gasteiger partial charge in [0.1, 0.15) is 5.75 Å². The van der Waals surface area contributed by atoms with Crippen LogP contribution in [0.3, 0.4) is 0 Å². The summed E-state index contributed by atoms with van der Waals surface area (Å²) in [5, 5.41) is 9.22. The fourth-order valence-corrected chi connectivity index (χ4v) is 3.35. The molecule has 0 unspecified atom stereocenters. The Balaban J connectivity index is 1.91. The van der Waals surface area contributed by atoms with Gasteiger partial charge in [0.15, 0.2) is 0 Å². The lowest BCUT2D eigenvalue weighted by Crippen LogP contribution is -2.13. The molecule has 27 heavy (non-hydrogen) atoms. The maximum Gasteiger partial charge on any atom is 0.262 e. The molecule has 0 aliphatic heterocycles. The van der Waals surface area contributed by atoms with Crippen LogP contribution in [-0.4, -0.2) is 27.8 Å². The second-order valence-corrected chi connectivity index (χ2v) is 6.54. The van der Waals surface area contributed by atoms with Crippen molar-refractivity contribution in [1.82, 2.24) is 14.8 Å². The molecule has 136 valence electrons. The van der Waals surface area contributed by atoms with Crippen molar-refractivity contribution in [2.75, 3.05) is 7.11 Å². The zero-order valence-electron chi connectivity index (χ0n) is 14.8. The van der Waals surface area contributed by atoms with Crippen molar-refractivity contribution in [2.45, 2.75) is 13.3 Å². The van der Waals surface area contributed by atoms with Gasteiger partial charge in [-0.05, 0) is 48.9 Å². The second-order valence-electron chi connectivity index (χ2n) is 6.10. The largest absolute Gasteiger partial charge is 0.497 e. The SMILES string of the molecule is COc1ccc2c(Cc3nnco3)c(C)n(C(=O)c3ccc(Cl)cc3)c2c1. The fraction of sp³-hybridized carbons (Fsp3) is 0.150. The Hall–Kier alpha value is -3.12. The highest BCUT2D eigenvalue weighted by Gasteiger charge is 2.21. The molecule has 0 aliphatic carbocycles. The quantitative estimate of drug-likeness (QED) is 0.527. The van der Waals surface area contributed by atoms with E-state index in [1.54, 1.807) is 35.9 Å². The van der Waals surface area contributed by atoms with Gasteiger partial charge in [0.25, 0.3) is 5.91 Å².